The summed E-state index contributed by atoms with van der Waals surface area (Å²) in [7, 11) is 6.29. The summed E-state index contributed by atoms with van der Waals surface area (Å²) < 4.78 is 6.10. The Hall–Kier alpha value is -1.63. The van der Waals surface area contributed by atoms with Crippen LogP contribution in [0.15, 0.2) is 23.2 Å². The van der Waals surface area contributed by atoms with Crippen LogP contribution in [0.25, 0.3) is 0 Å². The summed E-state index contributed by atoms with van der Waals surface area (Å²) in [4.78, 5) is 11.7. The van der Waals surface area contributed by atoms with E-state index in [1.54, 1.807) is 0 Å². The maximum Gasteiger partial charge on any atom is 0.193 e. The molecule has 1 N–H and O–H groups in total. The van der Waals surface area contributed by atoms with Crippen LogP contribution in [0.1, 0.15) is 22.8 Å². The van der Waals surface area contributed by atoms with Gasteiger partial charge < -0.3 is 19.9 Å². The number of hydrogen-bond acceptors (Lipinski definition) is 4. The van der Waals surface area contributed by atoms with Crippen molar-refractivity contribution in [3.8, 4) is 0 Å². The Morgan fingerprint density at radius 3 is 2.74 bits per heavy atom. The van der Waals surface area contributed by atoms with Crippen molar-refractivity contribution in [3.05, 3.63) is 34.9 Å². The van der Waals surface area contributed by atoms with Crippen LogP contribution in [0.2, 0.25) is 0 Å². The van der Waals surface area contributed by atoms with E-state index in [1.165, 1.54) is 16.7 Å². The molecule has 3 rings (SSSR count). The lowest BCUT2D eigenvalue weighted by Crippen LogP contribution is -2.56. The summed E-state index contributed by atoms with van der Waals surface area (Å²) in [6, 6.07) is 7.13. The van der Waals surface area contributed by atoms with Crippen LogP contribution in [0, 0.1) is 13.8 Å². The van der Waals surface area contributed by atoms with Gasteiger partial charge in [-0.05, 0) is 39.1 Å². The van der Waals surface area contributed by atoms with E-state index in [4.69, 9.17) is 4.74 Å². The first-order valence-electron chi connectivity index (χ1n) is 10.0. The van der Waals surface area contributed by atoms with Crippen LogP contribution < -0.4 is 5.32 Å². The van der Waals surface area contributed by atoms with Gasteiger partial charge in [-0.2, -0.15) is 0 Å². The highest BCUT2D eigenvalue weighted by atomic mass is 16.5. The molecule has 0 radical (unpaired) electrons. The second-order valence-electron chi connectivity index (χ2n) is 7.99. The molecule has 2 saturated heterocycles. The molecule has 0 aromatic heterocycles. The zero-order valence-electron chi connectivity index (χ0n) is 17.5. The molecule has 6 nitrogen and oxygen atoms in total. The number of likely N-dealkylation sites (N-methyl/N-ethyl adjacent to an activating group) is 2. The largest absolute Gasteiger partial charge is 0.370 e. The Kier molecular flexibility index (Phi) is 6.73. The van der Waals surface area contributed by atoms with E-state index in [1.807, 2.05) is 7.05 Å². The molecule has 1 aromatic rings. The lowest BCUT2D eigenvalue weighted by Gasteiger charge is -2.39. The third-order valence-corrected chi connectivity index (χ3v) is 5.83. The third-order valence-electron chi connectivity index (χ3n) is 5.83. The standard InChI is InChI=1S/C21H35N5O/c1-16-6-7-19(17(2)12-16)20-15-26(10-11-27-20)21(22-3)23-13-18-14-24(4)8-9-25(18)5/h6-7,12,18,20H,8-11,13-15H2,1-5H3,(H,22,23). The van der Waals surface area contributed by atoms with Crippen LogP contribution in [0.3, 0.4) is 0 Å². The van der Waals surface area contributed by atoms with E-state index in [-0.39, 0.29) is 6.10 Å². The first-order chi connectivity index (χ1) is 13.0. The highest BCUT2D eigenvalue weighted by molar-refractivity contribution is 5.80. The molecule has 0 amide bonds. The number of hydrogen-bond donors (Lipinski definition) is 1. The quantitative estimate of drug-likeness (QED) is 0.643. The fourth-order valence-electron chi connectivity index (χ4n) is 4.08. The normalized spacial score (nSPS) is 25.7. The average Bonchev–Trinajstić information content (AvgIpc) is 2.65. The molecular weight excluding hydrogens is 338 g/mol. The number of benzene rings is 1. The van der Waals surface area contributed by atoms with Gasteiger partial charge in [0.25, 0.3) is 0 Å². The molecule has 27 heavy (non-hydrogen) atoms. The van der Waals surface area contributed by atoms with E-state index in [0.717, 1.165) is 51.8 Å². The van der Waals surface area contributed by atoms with Gasteiger partial charge in [0.2, 0.25) is 0 Å². The van der Waals surface area contributed by atoms with Crippen molar-refractivity contribution in [2.45, 2.75) is 26.0 Å². The highest BCUT2D eigenvalue weighted by Crippen LogP contribution is 2.25. The summed E-state index contributed by atoms with van der Waals surface area (Å²) in [5.41, 5.74) is 3.88. The Morgan fingerprint density at radius 2 is 2.00 bits per heavy atom. The lowest BCUT2D eigenvalue weighted by molar-refractivity contribution is -0.00850. The zero-order chi connectivity index (χ0) is 19.4. The molecule has 0 saturated carbocycles. The van der Waals surface area contributed by atoms with Gasteiger partial charge in [-0.1, -0.05) is 23.8 Å². The number of rotatable bonds is 3. The van der Waals surface area contributed by atoms with Crippen molar-refractivity contribution >= 4 is 5.96 Å². The topological polar surface area (TPSA) is 43.3 Å². The smallest absolute Gasteiger partial charge is 0.193 e. The molecule has 2 fully saturated rings. The summed E-state index contributed by atoms with van der Waals surface area (Å²) in [6.45, 7) is 11.0. The van der Waals surface area contributed by atoms with E-state index < -0.39 is 0 Å². The van der Waals surface area contributed by atoms with Crippen LogP contribution in [-0.4, -0.2) is 93.7 Å². The third kappa shape index (κ3) is 5.00. The summed E-state index contributed by atoms with van der Waals surface area (Å²) in [6.07, 6.45) is 0.0985. The summed E-state index contributed by atoms with van der Waals surface area (Å²) in [5.74, 6) is 0.981. The fourth-order valence-corrected chi connectivity index (χ4v) is 4.08. The number of nitrogens with zero attached hydrogens (tertiary/aromatic N) is 4. The maximum atomic E-state index is 6.10. The van der Waals surface area contributed by atoms with Crippen molar-refractivity contribution in [1.82, 2.24) is 20.0 Å². The zero-order valence-corrected chi connectivity index (χ0v) is 17.5. The molecule has 0 bridgehead atoms. The van der Waals surface area contributed by atoms with Gasteiger partial charge >= 0.3 is 0 Å². The molecule has 2 aliphatic heterocycles. The fraction of sp³-hybridized carbons (Fsp3) is 0.667. The Bertz CT molecular complexity index is 662. The molecule has 6 heteroatoms. The molecule has 2 aliphatic rings. The number of ether oxygens (including phenoxy) is 1. The molecule has 2 unspecified atom stereocenters. The molecular formula is C21H35N5O. The van der Waals surface area contributed by atoms with Crippen LogP contribution >= 0.6 is 0 Å². The predicted octanol–water partition coefficient (Wildman–Crippen LogP) is 1.50. The van der Waals surface area contributed by atoms with Crippen LogP contribution in [-0.2, 0) is 4.74 Å². The lowest BCUT2D eigenvalue weighted by atomic mass is 10.00. The minimum absolute atomic E-state index is 0.0985. The van der Waals surface area contributed by atoms with Gasteiger partial charge in [0.05, 0.1) is 13.2 Å². The first kappa shape index (κ1) is 20.1. The maximum absolute atomic E-state index is 6.10. The van der Waals surface area contributed by atoms with Gasteiger partial charge in [-0.15, -0.1) is 0 Å². The second-order valence-corrected chi connectivity index (χ2v) is 7.99. The number of guanidine groups is 1. The van der Waals surface area contributed by atoms with E-state index in [9.17, 15) is 0 Å². The highest BCUT2D eigenvalue weighted by Gasteiger charge is 2.27. The molecule has 1 aromatic carbocycles. The Balaban J connectivity index is 1.61. The van der Waals surface area contributed by atoms with Gasteiger partial charge in [-0.3, -0.25) is 9.89 Å². The van der Waals surface area contributed by atoms with Crippen LogP contribution in [0.5, 0.6) is 0 Å². The molecule has 2 heterocycles. The van der Waals surface area contributed by atoms with Crippen molar-refractivity contribution in [1.29, 1.82) is 0 Å². The number of aryl methyl sites for hydroxylation is 2. The number of morpholine rings is 1. The molecule has 0 aliphatic carbocycles. The Morgan fingerprint density at radius 1 is 1.19 bits per heavy atom. The monoisotopic (exact) mass is 373 g/mol. The van der Waals surface area contributed by atoms with Crippen molar-refractivity contribution in [2.75, 3.05) is 67.0 Å². The Labute approximate surface area is 164 Å². The molecule has 0 spiro atoms. The predicted molar refractivity (Wildman–Crippen MR) is 111 cm³/mol. The SMILES string of the molecule is CN=C(NCC1CN(C)CCN1C)N1CCOC(c2ccc(C)cc2C)C1. The number of nitrogens with one attached hydrogen (secondary N) is 1. The summed E-state index contributed by atoms with van der Waals surface area (Å²) >= 11 is 0. The van der Waals surface area contributed by atoms with Gasteiger partial charge in [0.1, 0.15) is 6.10 Å². The summed E-state index contributed by atoms with van der Waals surface area (Å²) in [5, 5.41) is 3.61. The van der Waals surface area contributed by atoms with Gasteiger partial charge in [-0.25, -0.2) is 0 Å². The van der Waals surface area contributed by atoms with Crippen molar-refractivity contribution in [3.63, 3.8) is 0 Å². The minimum Gasteiger partial charge on any atom is -0.370 e. The second kappa shape index (κ2) is 9.04. The molecule has 2 atom stereocenters. The van der Waals surface area contributed by atoms with Crippen molar-refractivity contribution < 1.29 is 4.74 Å². The van der Waals surface area contributed by atoms with Crippen molar-refractivity contribution in [2.24, 2.45) is 4.99 Å². The van der Waals surface area contributed by atoms with Gasteiger partial charge in [0, 0.05) is 45.8 Å². The number of aliphatic imine (C=N–C) groups is 1. The first-order valence-corrected chi connectivity index (χ1v) is 10.0. The van der Waals surface area contributed by atoms with E-state index in [2.05, 4.69) is 71.2 Å². The van der Waals surface area contributed by atoms with E-state index >= 15 is 0 Å². The molecule has 150 valence electrons. The average molecular weight is 374 g/mol. The van der Waals surface area contributed by atoms with E-state index in [0.29, 0.717) is 6.04 Å². The van der Waals surface area contributed by atoms with Gasteiger partial charge in [0.15, 0.2) is 5.96 Å². The minimum atomic E-state index is 0.0985. The van der Waals surface area contributed by atoms with Crippen LogP contribution in [0.4, 0.5) is 0 Å². The number of piperazine rings is 1.